The first-order valence-electron chi connectivity index (χ1n) is 3.17. The van der Waals surface area contributed by atoms with Crippen molar-refractivity contribution < 1.29 is 13.2 Å². The molecule has 1 heterocycles. The standard InChI is InChI=1S/C7H3F3N2O/c8-5-4(6(9)10)1-3(2-11)12-7(5)13/h1,6H,(H,12,13). The van der Waals surface area contributed by atoms with Crippen molar-refractivity contribution in [2.45, 2.75) is 6.43 Å². The number of alkyl halides is 2. The van der Waals surface area contributed by atoms with Crippen LogP contribution < -0.4 is 5.56 Å². The number of nitriles is 1. The predicted octanol–water partition coefficient (Wildman–Crippen LogP) is 1.32. The van der Waals surface area contributed by atoms with Crippen molar-refractivity contribution >= 4 is 0 Å². The van der Waals surface area contributed by atoms with E-state index in [4.69, 9.17) is 5.26 Å². The minimum Gasteiger partial charge on any atom is -0.311 e. The highest BCUT2D eigenvalue weighted by atomic mass is 19.3. The van der Waals surface area contributed by atoms with Crippen LogP contribution >= 0.6 is 0 Å². The maximum Gasteiger partial charge on any atom is 0.285 e. The molecule has 0 bridgehead atoms. The molecule has 0 fully saturated rings. The number of nitrogens with zero attached hydrogens (tertiary/aromatic N) is 1. The number of halogens is 3. The van der Waals surface area contributed by atoms with E-state index in [0.717, 1.165) is 0 Å². The van der Waals surface area contributed by atoms with Gasteiger partial charge in [-0.25, -0.2) is 13.2 Å². The van der Waals surface area contributed by atoms with Gasteiger partial charge in [0.25, 0.3) is 12.0 Å². The molecular formula is C7H3F3N2O. The lowest BCUT2D eigenvalue weighted by molar-refractivity contribution is 0.145. The topological polar surface area (TPSA) is 56.6 Å². The first-order chi connectivity index (χ1) is 6.06. The Morgan fingerprint density at radius 3 is 2.62 bits per heavy atom. The van der Waals surface area contributed by atoms with Gasteiger partial charge in [-0.3, -0.25) is 4.79 Å². The van der Waals surface area contributed by atoms with Gasteiger partial charge in [0.15, 0.2) is 5.82 Å². The van der Waals surface area contributed by atoms with Gasteiger partial charge in [-0.15, -0.1) is 0 Å². The molecule has 6 heteroatoms. The molecule has 1 aromatic rings. The third-order valence-corrected chi connectivity index (χ3v) is 1.36. The fourth-order valence-corrected chi connectivity index (χ4v) is 0.782. The molecule has 1 N–H and O–H groups in total. The Morgan fingerprint density at radius 1 is 1.54 bits per heavy atom. The lowest BCUT2D eigenvalue weighted by Gasteiger charge is -2.00. The van der Waals surface area contributed by atoms with Crippen LogP contribution in [0.2, 0.25) is 0 Å². The van der Waals surface area contributed by atoms with Gasteiger partial charge in [-0.05, 0) is 6.07 Å². The third-order valence-electron chi connectivity index (χ3n) is 1.36. The van der Waals surface area contributed by atoms with E-state index >= 15 is 0 Å². The summed E-state index contributed by atoms with van der Waals surface area (Å²) < 4.78 is 36.7. The monoisotopic (exact) mass is 188 g/mol. The maximum atomic E-state index is 12.6. The summed E-state index contributed by atoms with van der Waals surface area (Å²) in [7, 11) is 0. The molecule has 0 saturated heterocycles. The van der Waals surface area contributed by atoms with Gasteiger partial charge in [0, 0.05) is 0 Å². The van der Waals surface area contributed by atoms with E-state index in [0.29, 0.717) is 6.07 Å². The van der Waals surface area contributed by atoms with Crippen molar-refractivity contribution in [2.24, 2.45) is 0 Å². The Labute approximate surface area is 70.4 Å². The molecule has 0 aromatic carbocycles. The van der Waals surface area contributed by atoms with Crippen LogP contribution in [0.25, 0.3) is 0 Å². The largest absolute Gasteiger partial charge is 0.311 e. The lowest BCUT2D eigenvalue weighted by Crippen LogP contribution is -2.15. The van der Waals surface area contributed by atoms with Crippen LogP contribution in [0, 0.1) is 17.1 Å². The fourth-order valence-electron chi connectivity index (χ4n) is 0.782. The van der Waals surface area contributed by atoms with Gasteiger partial charge in [-0.1, -0.05) is 0 Å². The minimum atomic E-state index is -3.10. The second kappa shape index (κ2) is 3.31. The van der Waals surface area contributed by atoms with Crippen molar-refractivity contribution in [3.63, 3.8) is 0 Å². The molecule has 13 heavy (non-hydrogen) atoms. The van der Waals surface area contributed by atoms with E-state index in [2.05, 4.69) is 0 Å². The zero-order valence-electron chi connectivity index (χ0n) is 6.14. The lowest BCUT2D eigenvalue weighted by atomic mass is 10.2. The molecule has 0 spiro atoms. The Balaban J connectivity index is 3.44. The van der Waals surface area contributed by atoms with Crippen LogP contribution in [0.1, 0.15) is 17.7 Å². The van der Waals surface area contributed by atoms with Gasteiger partial charge in [0.05, 0.1) is 5.56 Å². The summed E-state index contributed by atoms with van der Waals surface area (Å²) >= 11 is 0. The molecule has 0 aliphatic heterocycles. The molecule has 1 rings (SSSR count). The summed E-state index contributed by atoms with van der Waals surface area (Å²) in [6.45, 7) is 0. The van der Waals surface area contributed by atoms with E-state index in [-0.39, 0.29) is 5.69 Å². The summed E-state index contributed by atoms with van der Waals surface area (Å²) in [4.78, 5) is 12.4. The quantitative estimate of drug-likeness (QED) is 0.722. The van der Waals surface area contributed by atoms with E-state index in [9.17, 15) is 18.0 Å². The first kappa shape index (κ1) is 9.32. The van der Waals surface area contributed by atoms with Crippen LogP contribution in [0.15, 0.2) is 10.9 Å². The minimum absolute atomic E-state index is 0.387. The van der Waals surface area contributed by atoms with E-state index in [1.165, 1.54) is 6.07 Å². The second-order valence-corrected chi connectivity index (χ2v) is 2.19. The molecule has 0 aliphatic carbocycles. The molecule has 1 aromatic heterocycles. The van der Waals surface area contributed by atoms with Crippen LogP contribution in [-0.4, -0.2) is 4.98 Å². The number of H-pyrrole nitrogens is 1. The zero-order valence-corrected chi connectivity index (χ0v) is 6.14. The molecule has 0 aliphatic rings. The van der Waals surface area contributed by atoms with Crippen molar-refractivity contribution in [1.82, 2.24) is 4.98 Å². The Hall–Kier alpha value is -1.77. The first-order valence-corrected chi connectivity index (χ1v) is 3.17. The summed E-state index contributed by atoms with van der Waals surface area (Å²) in [5.74, 6) is -1.55. The Kier molecular flexibility index (Phi) is 2.37. The van der Waals surface area contributed by atoms with Crippen molar-refractivity contribution in [3.05, 3.63) is 33.5 Å². The van der Waals surface area contributed by atoms with Gasteiger partial charge in [-0.2, -0.15) is 5.26 Å². The molecule has 0 unspecified atom stereocenters. The number of aromatic nitrogens is 1. The highest BCUT2D eigenvalue weighted by Crippen LogP contribution is 2.19. The van der Waals surface area contributed by atoms with E-state index in [1.54, 1.807) is 4.98 Å². The number of hydrogen-bond acceptors (Lipinski definition) is 2. The second-order valence-electron chi connectivity index (χ2n) is 2.19. The Bertz CT molecular complexity index is 419. The molecule has 0 atom stereocenters. The van der Waals surface area contributed by atoms with Crippen LogP contribution in [-0.2, 0) is 0 Å². The summed E-state index contributed by atoms with van der Waals surface area (Å²) in [6.07, 6.45) is -3.10. The number of aromatic amines is 1. The molecule has 3 nitrogen and oxygen atoms in total. The number of pyridine rings is 1. The number of nitrogens with one attached hydrogen (secondary N) is 1. The molecule has 68 valence electrons. The van der Waals surface area contributed by atoms with Crippen molar-refractivity contribution in [1.29, 1.82) is 5.26 Å². The van der Waals surface area contributed by atoms with Crippen LogP contribution in [0.4, 0.5) is 13.2 Å². The van der Waals surface area contributed by atoms with Gasteiger partial charge in [0.1, 0.15) is 11.8 Å². The van der Waals surface area contributed by atoms with Crippen LogP contribution in [0.5, 0.6) is 0 Å². The third kappa shape index (κ3) is 1.69. The number of rotatable bonds is 1. The average molecular weight is 188 g/mol. The van der Waals surface area contributed by atoms with Gasteiger partial charge < -0.3 is 4.98 Å². The van der Waals surface area contributed by atoms with E-state index < -0.39 is 23.4 Å². The fraction of sp³-hybridized carbons (Fsp3) is 0.143. The van der Waals surface area contributed by atoms with Crippen LogP contribution in [0.3, 0.4) is 0 Å². The SMILES string of the molecule is N#Cc1cc(C(F)F)c(F)c(=O)[nH]1. The molecular weight excluding hydrogens is 185 g/mol. The highest BCUT2D eigenvalue weighted by Gasteiger charge is 2.17. The zero-order chi connectivity index (χ0) is 10.0. The van der Waals surface area contributed by atoms with Gasteiger partial charge in [0.2, 0.25) is 0 Å². The van der Waals surface area contributed by atoms with Crippen molar-refractivity contribution in [3.8, 4) is 6.07 Å². The molecule has 0 amide bonds. The number of hydrogen-bond donors (Lipinski definition) is 1. The predicted molar refractivity (Wildman–Crippen MR) is 36.7 cm³/mol. The smallest absolute Gasteiger partial charge is 0.285 e. The summed E-state index contributed by atoms with van der Waals surface area (Å²) in [6, 6.07) is 2.05. The summed E-state index contributed by atoms with van der Waals surface area (Å²) in [5.41, 5.74) is -2.75. The average Bonchev–Trinajstić information content (AvgIpc) is 2.09. The normalized spacial score (nSPS) is 10.1. The Morgan fingerprint density at radius 2 is 2.15 bits per heavy atom. The summed E-state index contributed by atoms with van der Waals surface area (Å²) in [5, 5.41) is 8.27. The highest BCUT2D eigenvalue weighted by molar-refractivity contribution is 5.27. The maximum absolute atomic E-state index is 12.6. The molecule has 0 radical (unpaired) electrons. The van der Waals surface area contributed by atoms with Crippen molar-refractivity contribution in [2.75, 3.05) is 0 Å². The van der Waals surface area contributed by atoms with Gasteiger partial charge >= 0.3 is 0 Å². The van der Waals surface area contributed by atoms with E-state index in [1.807, 2.05) is 0 Å². The molecule has 0 saturated carbocycles.